The lowest BCUT2D eigenvalue weighted by atomic mass is 9.95. The molecule has 7 nitrogen and oxygen atoms in total. The molecule has 154 valence electrons. The van der Waals surface area contributed by atoms with Crippen molar-refractivity contribution in [2.75, 3.05) is 46.8 Å². The first-order chi connectivity index (χ1) is 13.5. The Kier molecular flexibility index (Phi) is 7.39. The van der Waals surface area contributed by atoms with E-state index in [1.54, 1.807) is 11.1 Å². The molecule has 7 heteroatoms. The van der Waals surface area contributed by atoms with Gasteiger partial charge in [-0.25, -0.2) is 0 Å². The molecule has 3 rings (SSSR count). The van der Waals surface area contributed by atoms with Gasteiger partial charge in [0.25, 0.3) is 0 Å². The van der Waals surface area contributed by atoms with E-state index in [9.17, 15) is 9.59 Å². The van der Waals surface area contributed by atoms with Crippen LogP contribution in [-0.4, -0.2) is 84.4 Å². The predicted octanol–water partition coefficient (Wildman–Crippen LogP) is 0.962. The Balaban J connectivity index is 1.57. The number of likely N-dealkylation sites (N-methyl/N-ethyl adjacent to an activating group) is 2. The summed E-state index contributed by atoms with van der Waals surface area (Å²) in [6.45, 7) is 4.77. The van der Waals surface area contributed by atoms with Crippen molar-refractivity contribution in [1.29, 1.82) is 0 Å². The van der Waals surface area contributed by atoms with E-state index in [4.69, 9.17) is 0 Å². The average molecular weight is 388 g/mol. The third kappa shape index (κ3) is 5.75. The fraction of sp³-hybridized carbons (Fsp3) is 0.667. The van der Waals surface area contributed by atoms with Crippen LogP contribution in [0.4, 0.5) is 0 Å². The molecule has 28 heavy (non-hydrogen) atoms. The van der Waals surface area contributed by atoms with E-state index in [0.717, 1.165) is 57.5 Å². The lowest BCUT2D eigenvalue weighted by Crippen LogP contribution is -2.49. The van der Waals surface area contributed by atoms with Gasteiger partial charge in [0.05, 0.1) is 0 Å². The number of nitrogens with zero attached hydrogens (tertiary/aromatic N) is 4. The van der Waals surface area contributed by atoms with Crippen molar-refractivity contribution in [3.63, 3.8) is 0 Å². The van der Waals surface area contributed by atoms with E-state index in [-0.39, 0.29) is 23.8 Å². The zero-order chi connectivity index (χ0) is 19.9. The molecule has 1 N–H and O–H groups in total. The number of carbonyl (C=O) groups excluding carboxylic acids is 2. The zero-order valence-corrected chi connectivity index (χ0v) is 17.1. The zero-order valence-electron chi connectivity index (χ0n) is 17.1. The molecule has 2 amide bonds. The molecule has 2 fully saturated rings. The molecule has 2 aliphatic heterocycles. The molecule has 0 aliphatic carbocycles. The van der Waals surface area contributed by atoms with Gasteiger partial charge in [0.2, 0.25) is 11.8 Å². The highest BCUT2D eigenvalue weighted by Crippen LogP contribution is 2.21. The van der Waals surface area contributed by atoms with Crippen molar-refractivity contribution in [3.8, 4) is 0 Å². The summed E-state index contributed by atoms with van der Waals surface area (Å²) in [5.74, 6) is 0.0506. The van der Waals surface area contributed by atoms with Crippen LogP contribution >= 0.6 is 0 Å². The molecular weight excluding hydrogens is 354 g/mol. The number of pyridine rings is 1. The van der Waals surface area contributed by atoms with Crippen LogP contribution < -0.4 is 5.32 Å². The summed E-state index contributed by atoms with van der Waals surface area (Å²) in [6, 6.07) is 4.21. The number of amides is 2. The molecule has 0 bridgehead atoms. The molecule has 0 saturated carbocycles. The molecular formula is C21H33N5O2. The average Bonchev–Trinajstić information content (AvgIpc) is 2.77. The molecule has 0 unspecified atom stereocenters. The van der Waals surface area contributed by atoms with Crippen LogP contribution in [0.2, 0.25) is 0 Å². The van der Waals surface area contributed by atoms with Gasteiger partial charge in [-0.3, -0.25) is 14.6 Å². The number of carbonyl (C=O) groups is 2. The maximum absolute atomic E-state index is 13.0. The maximum atomic E-state index is 13.0. The highest BCUT2D eigenvalue weighted by molar-refractivity contribution is 5.86. The topological polar surface area (TPSA) is 68.8 Å². The molecule has 0 aromatic carbocycles. The summed E-state index contributed by atoms with van der Waals surface area (Å²) >= 11 is 0. The largest absolute Gasteiger partial charge is 0.344 e. The Bertz CT molecular complexity index is 645. The van der Waals surface area contributed by atoms with Crippen LogP contribution in [0.25, 0.3) is 0 Å². The summed E-state index contributed by atoms with van der Waals surface area (Å²) in [5, 5.41) is 3.56. The lowest BCUT2D eigenvalue weighted by Gasteiger charge is -2.34. The molecule has 2 aliphatic rings. The minimum absolute atomic E-state index is 0.0718. The van der Waals surface area contributed by atoms with E-state index in [2.05, 4.69) is 28.3 Å². The smallest absolute Gasteiger partial charge is 0.226 e. The van der Waals surface area contributed by atoms with Crippen molar-refractivity contribution in [2.24, 2.45) is 5.92 Å². The lowest BCUT2D eigenvalue weighted by molar-refractivity contribution is -0.142. The summed E-state index contributed by atoms with van der Waals surface area (Å²) in [5.41, 5.74) is 1.14. The summed E-state index contributed by atoms with van der Waals surface area (Å²) < 4.78 is 0. The summed E-state index contributed by atoms with van der Waals surface area (Å²) in [6.07, 6.45) is 6.67. The van der Waals surface area contributed by atoms with Crippen molar-refractivity contribution < 1.29 is 9.59 Å². The SMILES string of the molecule is CN1CCN(C(=O)[C@@H]2CCC[C@@H](NCc3cccnc3)CN(C)C(=O)C2)CC1. The third-order valence-corrected chi connectivity index (χ3v) is 5.93. The highest BCUT2D eigenvalue weighted by atomic mass is 16.2. The van der Waals surface area contributed by atoms with Gasteiger partial charge in [-0.15, -0.1) is 0 Å². The van der Waals surface area contributed by atoms with Gasteiger partial charge in [0, 0.05) is 77.1 Å². The van der Waals surface area contributed by atoms with Crippen LogP contribution in [0, 0.1) is 5.92 Å². The second-order valence-electron chi connectivity index (χ2n) is 8.17. The van der Waals surface area contributed by atoms with E-state index < -0.39 is 0 Å². The second-order valence-corrected chi connectivity index (χ2v) is 8.17. The van der Waals surface area contributed by atoms with E-state index >= 15 is 0 Å². The van der Waals surface area contributed by atoms with Crippen molar-refractivity contribution in [2.45, 2.75) is 38.3 Å². The van der Waals surface area contributed by atoms with Gasteiger partial charge in [0.15, 0.2) is 0 Å². The van der Waals surface area contributed by atoms with Crippen molar-refractivity contribution in [3.05, 3.63) is 30.1 Å². The predicted molar refractivity (Wildman–Crippen MR) is 109 cm³/mol. The molecule has 1 aromatic rings. The van der Waals surface area contributed by atoms with Gasteiger partial charge in [-0.1, -0.05) is 12.5 Å². The van der Waals surface area contributed by atoms with Crippen molar-refractivity contribution >= 4 is 11.8 Å². The molecule has 0 spiro atoms. The first-order valence-electron chi connectivity index (χ1n) is 10.4. The Hall–Kier alpha value is -1.99. The van der Waals surface area contributed by atoms with Crippen LogP contribution in [0.15, 0.2) is 24.5 Å². The van der Waals surface area contributed by atoms with Crippen LogP contribution in [0.3, 0.4) is 0 Å². The molecule has 0 radical (unpaired) electrons. The van der Waals surface area contributed by atoms with Gasteiger partial charge < -0.3 is 20.0 Å². The Labute approximate surface area is 168 Å². The van der Waals surface area contributed by atoms with Crippen LogP contribution in [0.5, 0.6) is 0 Å². The Morgan fingerprint density at radius 3 is 2.71 bits per heavy atom. The minimum atomic E-state index is -0.185. The molecule has 3 heterocycles. The maximum Gasteiger partial charge on any atom is 0.226 e. The molecule has 2 atom stereocenters. The fourth-order valence-electron chi connectivity index (χ4n) is 4.03. The van der Waals surface area contributed by atoms with E-state index in [0.29, 0.717) is 13.0 Å². The Morgan fingerprint density at radius 2 is 2.00 bits per heavy atom. The second kappa shape index (κ2) is 9.98. The third-order valence-electron chi connectivity index (χ3n) is 5.93. The number of hydrogen-bond acceptors (Lipinski definition) is 5. The van der Waals surface area contributed by atoms with E-state index in [1.165, 1.54) is 0 Å². The summed E-state index contributed by atoms with van der Waals surface area (Å²) in [4.78, 5) is 35.8. The first-order valence-corrected chi connectivity index (χ1v) is 10.4. The number of piperazine rings is 1. The quantitative estimate of drug-likeness (QED) is 0.834. The van der Waals surface area contributed by atoms with Crippen LogP contribution in [0.1, 0.15) is 31.2 Å². The first kappa shape index (κ1) is 20.7. The number of hydrogen-bond donors (Lipinski definition) is 1. The fourth-order valence-corrected chi connectivity index (χ4v) is 4.03. The van der Waals surface area contributed by atoms with Gasteiger partial charge in [-0.05, 0) is 31.5 Å². The summed E-state index contributed by atoms with van der Waals surface area (Å²) in [7, 11) is 3.93. The van der Waals surface area contributed by atoms with Crippen molar-refractivity contribution in [1.82, 2.24) is 25.0 Å². The normalized spacial score (nSPS) is 25.1. The Morgan fingerprint density at radius 1 is 1.21 bits per heavy atom. The standard InChI is InChI=1S/C21H33N5O2/c1-24-9-11-26(12-10-24)21(28)18-6-3-7-19(16-25(2)20(27)13-18)23-15-17-5-4-8-22-14-17/h4-5,8,14,18-19,23H,3,6-7,9-13,15-16H2,1-2H3/t18-,19-/m1/s1. The monoisotopic (exact) mass is 387 g/mol. The molecule has 2 saturated heterocycles. The minimum Gasteiger partial charge on any atom is -0.344 e. The van der Waals surface area contributed by atoms with Gasteiger partial charge in [-0.2, -0.15) is 0 Å². The number of aromatic nitrogens is 1. The van der Waals surface area contributed by atoms with E-state index in [1.807, 2.05) is 24.2 Å². The molecule has 1 aromatic heterocycles. The van der Waals surface area contributed by atoms with Gasteiger partial charge >= 0.3 is 0 Å². The number of rotatable bonds is 4. The number of nitrogens with one attached hydrogen (secondary N) is 1. The van der Waals surface area contributed by atoms with Crippen LogP contribution in [-0.2, 0) is 16.1 Å². The van der Waals surface area contributed by atoms with Gasteiger partial charge in [0.1, 0.15) is 0 Å². The highest BCUT2D eigenvalue weighted by Gasteiger charge is 2.31.